The van der Waals surface area contributed by atoms with Gasteiger partial charge in [0, 0.05) is 21.7 Å². The molecule has 5 heteroatoms. The Bertz CT molecular complexity index is 441. The van der Waals surface area contributed by atoms with Gasteiger partial charge in [0.05, 0.1) is 6.10 Å². The minimum absolute atomic E-state index is 0. The van der Waals surface area contributed by atoms with Crippen LogP contribution in [-0.2, 0) is 26.1 Å². The van der Waals surface area contributed by atoms with Crippen molar-refractivity contribution in [3.05, 3.63) is 59.7 Å². The van der Waals surface area contributed by atoms with E-state index in [0.29, 0.717) is 0 Å². The fourth-order valence-electron chi connectivity index (χ4n) is 1.89. The first-order valence-electron chi connectivity index (χ1n) is 6.06. The van der Waals surface area contributed by atoms with Gasteiger partial charge in [-0.2, -0.15) is 11.6 Å². The van der Waals surface area contributed by atoms with Crippen LogP contribution in [0.2, 0.25) is 19.6 Å². The van der Waals surface area contributed by atoms with Gasteiger partial charge in [0.25, 0.3) is 0 Å². The van der Waals surface area contributed by atoms with E-state index in [2.05, 4.69) is 62.1 Å². The van der Waals surface area contributed by atoms with Crippen molar-refractivity contribution in [2.75, 3.05) is 0 Å². The van der Waals surface area contributed by atoms with Gasteiger partial charge < -0.3 is 4.43 Å². The second kappa shape index (κ2) is 9.99. The van der Waals surface area contributed by atoms with Crippen LogP contribution in [0.1, 0.15) is 18.1 Å². The minimum atomic E-state index is -1.57. The summed E-state index contributed by atoms with van der Waals surface area (Å²) in [6, 6.07) is 10.4. The fourth-order valence-corrected chi connectivity index (χ4v) is 2.86. The van der Waals surface area contributed by atoms with E-state index in [1.54, 1.807) is 0 Å². The van der Waals surface area contributed by atoms with E-state index < -0.39 is 8.32 Å². The normalized spacial score (nSPS) is 14.4. The molecule has 110 valence electrons. The number of hydrogen-bond acceptors (Lipinski definition) is 1. The first-order chi connectivity index (χ1) is 8.06. The van der Waals surface area contributed by atoms with Gasteiger partial charge in [0.1, 0.15) is 0 Å². The molecule has 0 spiro atoms. The molecule has 2 rings (SSSR count). The Morgan fingerprint density at radius 1 is 1.10 bits per heavy atom. The van der Waals surface area contributed by atoms with E-state index in [0.717, 1.165) is 6.42 Å². The summed E-state index contributed by atoms with van der Waals surface area (Å²) in [5, 5.41) is 0. The van der Waals surface area contributed by atoms with E-state index in [1.165, 1.54) is 11.1 Å². The van der Waals surface area contributed by atoms with Crippen LogP contribution in [0.25, 0.3) is 0 Å². The summed E-state index contributed by atoms with van der Waals surface area (Å²) >= 11 is 0. The van der Waals surface area contributed by atoms with Crippen molar-refractivity contribution in [1.29, 1.82) is 0 Å². The number of allylic oxidation sites excluding steroid dienone is 2. The summed E-state index contributed by atoms with van der Waals surface area (Å²) in [7, 11) is -1.57. The van der Waals surface area contributed by atoms with Crippen molar-refractivity contribution in [3.8, 4) is 0 Å². The van der Waals surface area contributed by atoms with Crippen molar-refractivity contribution in [3.63, 3.8) is 0 Å². The third kappa shape index (κ3) is 6.75. The quantitative estimate of drug-likeness (QED) is 0.533. The summed E-state index contributed by atoms with van der Waals surface area (Å²) in [5.74, 6) is 0. The van der Waals surface area contributed by atoms with Gasteiger partial charge in [-0.15, -0.1) is 31.2 Å². The predicted molar refractivity (Wildman–Crippen MR) is 88.6 cm³/mol. The molecular weight excluding hydrogens is 343 g/mol. The Labute approximate surface area is 150 Å². The van der Waals surface area contributed by atoms with Crippen molar-refractivity contribution in [2.24, 2.45) is 0 Å². The van der Waals surface area contributed by atoms with Crippen molar-refractivity contribution >= 4 is 33.1 Å². The van der Waals surface area contributed by atoms with Crippen LogP contribution in [0.5, 0.6) is 0 Å². The number of halogens is 2. The summed E-state index contributed by atoms with van der Waals surface area (Å²) < 4.78 is 6.30. The average molecular weight is 364 g/mol. The van der Waals surface area contributed by atoms with Gasteiger partial charge in [-0.25, -0.2) is 6.08 Å². The Morgan fingerprint density at radius 2 is 1.70 bits per heavy atom. The molecule has 0 amide bonds. The summed E-state index contributed by atoms with van der Waals surface area (Å²) in [6.45, 7) is 6.67. The average Bonchev–Trinajstić information content (AvgIpc) is 2.79. The standard InChI is InChI=1S/C15H19OSi.2ClH.Ti/c1-17(2,3)16-15(14-11-7-8-12-14)13-9-5-4-6-10-13;;;/h4-7,9-11,15H,8H2,1-3H3;2*1H;/q-1;;;. The molecule has 1 unspecified atom stereocenters. The molecule has 1 aliphatic carbocycles. The fraction of sp³-hybridized carbons (Fsp3) is 0.333. The maximum atomic E-state index is 6.30. The third-order valence-corrected chi connectivity index (χ3v) is 3.52. The SMILES string of the molecule is C[Si](C)(C)OC(C1=[C-]CC=C1)c1ccccc1.Cl.Cl.[Ti]. The molecule has 0 heterocycles. The Morgan fingerprint density at radius 3 is 2.15 bits per heavy atom. The Kier molecular flexibility index (Phi) is 11.2. The molecule has 0 N–H and O–H groups in total. The van der Waals surface area contributed by atoms with E-state index in [4.69, 9.17) is 4.43 Å². The van der Waals surface area contributed by atoms with Crippen molar-refractivity contribution in [2.45, 2.75) is 32.2 Å². The van der Waals surface area contributed by atoms with Crippen LogP contribution in [0.3, 0.4) is 0 Å². The third-order valence-electron chi connectivity index (χ3n) is 2.58. The molecule has 0 saturated heterocycles. The molecule has 0 fully saturated rings. The summed E-state index contributed by atoms with van der Waals surface area (Å²) in [6.07, 6.45) is 8.62. The summed E-state index contributed by atoms with van der Waals surface area (Å²) in [5.41, 5.74) is 2.41. The second-order valence-electron chi connectivity index (χ2n) is 5.26. The van der Waals surface area contributed by atoms with Gasteiger partial charge >= 0.3 is 0 Å². The Hall–Kier alpha value is 0.171. The molecule has 1 atom stereocenters. The molecule has 0 aromatic heterocycles. The Balaban J connectivity index is 0. The van der Waals surface area contributed by atoms with Crippen LogP contribution in [0, 0.1) is 6.08 Å². The smallest absolute Gasteiger partial charge is 0.184 e. The molecule has 1 nitrogen and oxygen atoms in total. The van der Waals surface area contributed by atoms with Crippen LogP contribution in [-0.4, -0.2) is 8.32 Å². The minimum Gasteiger partial charge on any atom is -0.410 e. The molecule has 20 heavy (non-hydrogen) atoms. The van der Waals surface area contributed by atoms with E-state index in [9.17, 15) is 0 Å². The number of benzene rings is 1. The zero-order valence-corrected chi connectivity index (χ0v) is 16.2. The zero-order chi connectivity index (χ0) is 12.3. The first-order valence-corrected chi connectivity index (χ1v) is 9.47. The largest absolute Gasteiger partial charge is 0.410 e. The van der Waals surface area contributed by atoms with Gasteiger partial charge in [-0.3, -0.25) is 6.08 Å². The van der Waals surface area contributed by atoms with Gasteiger partial charge in [-0.05, 0) is 25.2 Å². The molecule has 0 saturated carbocycles. The first kappa shape index (κ1) is 22.5. The molecule has 0 bridgehead atoms. The zero-order valence-electron chi connectivity index (χ0n) is 12.1. The van der Waals surface area contributed by atoms with Crippen LogP contribution in [0.15, 0.2) is 48.1 Å². The monoisotopic (exact) mass is 363 g/mol. The molecule has 1 aromatic rings. The van der Waals surface area contributed by atoms with Gasteiger partial charge in [0.2, 0.25) is 0 Å². The second-order valence-corrected chi connectivity index (χ2v) is 9.72. The van der Waals surface area contributed by atoms with E-state index in [-0.39, 0.29) is 52.6 Å². The molecule has 1 aliphatic rings. The van der Waals surface area contributed by atoms with Gasteiger partial charge in [0.15, 0.2) is 8.32 Å². The van der Waals surface area contributed by atoms with Gasteiger partial charge in [-0.1, -0.05) is 30.3 Å². The predicted octanol–water partition coefficient (Wildman–Crippen LogP) is 5.11. The summed E-state index contributed by atoms with van der Waals surface area (Å²) in [4.78, 5) is 0. The van der Waals surface area contributed by atoms with Crippen LogP contribution >= 0.6 is 24.8 Å². The maximum absolute atomic E-state index is 6.30. The maximum Gasteiger partial charge on any atom is 0.184 e. The number of hydrogen-bond donors (Lipinski definition) is 0. The van der Waals surface area contributed by atoms with Crippen LogP contribution < -0.4 is 0 Å². The number of rotatable bonds is 4. The molecule has 0 radical (unpaired) electrons. The topological polar surface area (TPSA) is 9.23 Å². The molecule has 1 aromatic carbocycles. The van der Waals surface area contributed by atoms with Crippen molar-refractivity contribution < 1.29 is 26.1 Å². The van der Waals surface area contributed by atoms with E-state index >= 15 is 0 Å². The van der Waals surface area contributed by atoms with Crippen molar-refractivity contribution in [1.82, 2.24) is 0 Å². The van der Waals surface area contributed by atoms with E-state index in [1.807, 2.05) is 6.07 Å². The molecule has 0 aliphatic heterocycles. The van der Waals surface area contributed by atoms with Crippen LogP contribution in [0.4, 0.5) is 0 Å². The molecular formula is C15H21Cl2OSiTi-.